The van der Waals surface area contributed by atoms with E-state index in [0.29, 0.717) is 24.1 Å². The molecule has 0 heterocycles. The van der Waals surface area contributed by atoms with Crippen molar-refractivity contribution in [3.63, 3.8) is 0 Å². The first-order valence-electron chi connectivity index (χ1n) is 5.98. The Morgan fingerprint density at radius 2 is 2.20 bits per heavy atom. The molecule has 2 amide bonds. The Labute approximate surface area is 121 Å². The van der Waals surface area contributed by atoms with Crippen molar-refractivity contribution in [3.05, 3.63) is 28.8 Å². The lowest BCUT2D eigenvalue weighted by molar-refractivity contribution is -0.139. The van der Waals surface area contributed by atoms with E-state index in [-0.39, 0.29) is 5.02 Å². The molecular weight excluding hydrogens is 282 g/mol. The van der Waals surface area contributed by atoms with Gasteiger partial charge in [-0.2, -0.15) is 5.26 Å². The number of nitrogens with one attached hydrogen (secondary N) is 2. The molecule has 0 radical (unpaired) electrons. The summed E-state index contributed by atoms with van der Waals surface area (Å²) in [7, 11) is 0. The smallest absolute Gasteiger partial charge is 0.326 e. The van der Waals surface area contributed by atoms with Crippen LogP contribution in [0.15, 0.2) is 18.2 Å². The van der Waals surface area contributed by atoms with Crippen LogP contribution in [-0.4, -0.2) is 23.1 Å². The van der Waals surface area contributed by atoms with Crippen molar-refractivity contribution in [2.75, 3.05) is 5.32 Å². The fourth-order valence-corrected chi connectivity index (χ4v) is 1.78. The number of hydrogen-bond donors (Lipinski definition) is 3. The summed E-state index contributed by atoms with van der Waals surface area (Å²) in [5.74, 6) is -1.09. The molecule has 1 aromatic rings. The van der Waals surface area contributed by atoms with Crippen LogP contribution in [0.3, 0.4) is 0 Å². The standard InChI is InChI=1S/C13H14ClN3O3/c1-2-3-11(12(18)19)17-13(20)16-10-5-4-8(7-15)6-9(10)14/h4-6,11H,2-3H2,1H3,(H,18,19)(H2,16,17,20)/t11-/m1/s1. The molecule has 0 spiro atoms. The van der Waals surface area contributed by atoms with Crippen molar-refractivity contribution in [1.29, 1.82) is 5.26 Å². The van der Waals surface area contributed by atoms with Gasteiger partial charge in [0, 0.05) is 0 Å². The predicted octanol–water partition coefficient (Wildman–Crippen LogP) is 2.59. The summed E-state index contributed by atoms with van der Waals surface area (Å²) in [5, 5.41) is 22.6. The average molecular weight is 296 g/mol. The van der Waals surface area contributed by atoms with Crippen LogP contribution < -0.4 is 10.6 Å². The Morgan fingerprint density at radius 3 is 2.70 bits per heavy atom. The van der Waals surface area contributed by atoms with Gasteiger partial charge in [-0.05, 0) is 24.6 Å². The Hall–Kier alpha value is -2.26. The normalized spacial score (nSPS) is 11.2. The summed E-state index contributed by atoms with van der Waals surface area (Å²) in [6.45, 7) is 1.83. The van der Waals surface area contributed by atoms with Gasteiger partial charge in [-0.25, -0.2) is 9.59 Å². The third-order valence-electron chi connectivity index (χ3n) is 2.53. The van der Waals surface area contributed by atoms with Crippen molar-refractivity contribution in [2.24, 2.45) is 0 Å². The highest BCUT2D eigenvalue weighted by molar-refractivity contribution is 6.33. The Kier molecular flexibility index (Phi) is 5.81. The monoisotopic (exact) mass is 295 g/mol. The molecule has 3 N–H and O–H groups in total. The number of hydrogen-bond acceptors (Lipinski definition) is 3. The van der Waals surface area contributed by atoms with Gasteiger partial charge in [0.2, 0.25) is 0 Å². The van der Waals surface area contributed by atoms with Crippen molar-refractivity contribution in [1.82, 2.24) is 5.32 Å². The van der Waals surface area contributed by atoms with Gasteiger partial charge in [0.25, 0.3) is 0 Å². The van der Waals surface area contributed by atoms with Crippen molar-refractivity contribution in [3.8, 4) is 6.07 Å². The fourth-order valence-electron chi connectivity index (χ4n) is 1.55. The van der Waals surface area contributed by atoms with E-state index in [2.05, 4.69) is 10.6 Å². The molecule has 0 unspecified atom stereocenters. The Morgan fingerprint density at radius 1 is 1.50 bits per heavy atom. The lowest BCUT2D eigenvalue weighted by atomic mass is 10.2. The van der Waals surface area contributed by atoms with Gasteiger partial charge in [-0.3, -0.25) is 0 Å². The highest BCUT2D eigenvalue weighted by Gasteiger charge is 2.19. The van der Waals surface area contributed by atoms with E-state index in [1.807, 2.05) is 13.0 Å². The maximum Gasteiger partial charge on any atom is 0.326 e. The lowest BCUT2D eigenvalue weighted by Gasteiger charge is -2.14. The fraction of sp³-hybridized carbons (Fsp3) is 0.308. The predicted molar refractivity (Wildman–Crippen MR) is 74.7 cm³/mol. The van der Waals surface area contributed by atoms with E-state index < -0.39 is 18.0 Å². The minimum Gasteiger partial charge on any atom is -0.480 e. The van der Waals surface area contributed by atoms with Gasteiger partial charge in [0.15, 0.2) is 0 Å². The zero-order valence-electron chi connectivity index (χ0n) is 10.8. The summed E-state index contributed by atoms with van der Waals surface area (Å²) in [5.41, 5.74) is 0.680. The van der Waals surface area contributed by atoms with Crippen molar-refractivity contribution in [2.45, 2.75) is 25.8 Å². The van der Waals surface area contributed by atoms with E-state index in [1.54, 1.807) is 0 Å². The molecule has 7 heteroatoms. The van der Waals surface area contributed by atoms with E-state index >= 15 is 0 Å². The minimum atomic E-state index is -1.09. The molecule has 0 aromatic heterocycles. The third kappa shape index (κ3) is 4.44. The molecule has 1 aromatic carbocycles. The minimum absolute atomic E-state index is 0.210. The van der Waals surface area contributed by atoms with E-state index in [4.69, 9.17) is 22.0 Å². The number of halogens is 1. The molecule has 0 fully saturated rings. The van der Waals surface area contributed by atoms with E-state index in [9.17, 15) is 9.59 Å². The topological polar surface area (TPSA) is 102 Å². The maximum atomic E-state index is 11.7. The molecule has 0 bridgehead atoms. The number of carbonyl (C=O) groups is 2. The number of benzene rings is 1. The molecule has 0 aliphatic heterocycles. The maximum absolute atomic E-state index is 11.7. The van der Waals surface area contributed by atoms with Crippen molar-refractivity contribution >= 4 is 29.3 Å². The quantitative estimate of drug-likeness (QED) is 0.777. The van der Waals surface area contributed by atoms with Crippen LogP contribution in [0.2, 0.25) is 5.02 Å². The molecule has 6 nitrogen and oxygen atoms in total. The van der Waals surface area contributed by atoms with Crippen LogP contribution in [0.1, 0.15) is 25.3 Å². The molecule has 0 aliphatic rings. The molecule has 20 heavy (non-hydrogen) atoms. The number of nitrogens with zero attached hydrogens (tertiary/aromatic N) is 1. The van der Waals surface area contributed by atoms with Crippen LogP contribution >= 0.6 is 11.6 Å². The SMILES string of the molecule is CCC[C@@H](NC(=O)Nc1ccc(C#N)cc1Cl)C(=O)O. The van der Waals surface area contributed by atoms with Gasteiger partial charge >= 0.3 is 12.0 Å². The number of anilines is 1. The summed E-state index contributed by atoms with van der Waals surface area (Å²) >= 11 is 5.90. The van der Waals surface area contributed by atoms with E-state index in [0.717, 1.165) is 0 Å². The second-order valence-corrected chi connectivity index (χ2v) is 4.49. The first-order valence-corrected chi connectivity index (χ1v) is 6.35. The summed E-state index contributed by atoms with van der Waals surface area (Å²) in [4.78, 5) is 22.6. The van der Waals surface area contributed by atoms with Crippen molar-refractivity contribution < 1.29 is 14.7 Å². The molecular formula is C13H14ClN3O3. The molecule has 1 rings (SSSR count). The van der Waals surface area contributed by atoms with Crippen LogP contribution in [0, 0.1) is 11.3 Å². The number of carboxylic acid groups (broad SMARTS) is 1. The second kappa shape index (κ2) is 7.36. The highest BCUT2D eigenvalue weighted by Crippen LogP contribution is 2.22. The molecule has 0 aliphatic carbocycles. The van der Waals surface area contributed by atoms with E-state index in [1.165, 1.54) is 18.2 Å². The second-order valence-electron chi connectivity index (χ2n) is 4.08. The number of carboxylic acids is 1. The largest absolute Gasteiger partial charge is 0.480 e. The number of aliphatic carboxylic acids is 1. The molecule has 0 saturated carbocycles. The summed E-state index contributed by atoms with van der Waals surface area (Å²) in [6, 6.07) is 4.72. The van der Waals surface area contributed by atoms with Gasteiger partial charge in [-0.1, -0.05) is 24.9 Å². The van der Waals surface area contributed by atoms with Crippen LogP contribution in [-0.2, 0) is 4.79 Å². The highest BCUT2D eigenvalue weighted by atomic mass is 35.5. The zero-order valence-corrected chi connectivity index (χ0v) is 11.6. The lowest BCUT2D eigenvalue weighted by Crippen LogP contribution is -2.42. The first kappa shape index (κ1) is 15.8. The summed E-state index contributed by atoms with van der Waals surface area (Å²) < 4.78 is 0. The Balaban J connectivity index is 2.71. The van der Waals surface area contributed by atoms with Gasteiger partial charge in [0.1, 0.15) is 6.04 Å². The zero-order chi connectivity index (χ0) is 15.1. The average Bonchev–Trinajstić information content (AvgIpc) is 2.40. The number of carbonyl (C=O) groups excluding carboxylic acids is 1. The first-order chi connectivity index (χ1) is 9.47. The summed E-state index contributed by atoms with van der Waals surface area (Å²) in [6.07, 6.45) is 0.971. The molecule has 106 valence electrons. The number of nitriles is 1. The van der Waals surface area contributed by atoms with Gasteiger partial charge < -0.3 is 15.7 Å². The van der Waals surface area contributed by atoms with Crippen LogP contribution in [0.25, 0.3) is 0 Å². The van der Waals surface area contributed by atoms with Crippen LogP contribution in [0.4, 0.5) is 10.5 Å². The molecule has 0 saturated heterocycles. The Bertz CT molecular complexity index is 554. The van der Waals surface area contributed by atoms with Crippen LogP contribution in [0.5, 0.6) is 0 Å². The van der Waals surface area contributed by atoms with Gasteiger partial charge in [0.05, 0.1) is 22.3 Å². The third-order valence-corrected chi connectivity index (χ3v) is 2.84. The van der Waals surface area contributed by atoms with Gasteiger partial charge in [-0.15, -0.1) is 0 Å². The number of amides is 2. The number of rotatable bonds is 5. The molecule has 1 atom stereocenters. The number of urea groups is 1.